The van der Waals surface area contributed by atoms with Gasteiger partial charge in [-0.05, 0) is 12.1 Å². The highest BCUT2D eigenvalue weighted by atomic mass is 16.7. The molecule has 0 aliphatic rings. The number of hydrogen-bond donors (Lipinski definition) is 2. The van der Waals surface area contributed by atoms with Crippen molar-refractivity contribution >= 4 is 17.9 Å². The van der Waals surface area contributed by atoms with Gasteiger partial charge in [0.15, 0.2) is 0 Å². The summed E-state index contributed by atoms with van der Waals surface area (Å²) in [5.41, 5.74) is 0.238. The van der Waals surface area contributed by atoms with Crippen molar-refractivity contribution < 1.29 is 38.9 Å². The molecule has 1 aromatic heterocycles. The summed E-state index contributed by atoms with van der Waals surface area (Å²) in [5.74, 6) is -3.10. The monoisotopic (exact) mass is 349 g/mol. The highest BCUT2D eigenvalue weighted by Crippen LogP contribution is 2.24. The minimum absolute atomic E-state index is 0.238. The minimum atomic E-state index is -1.45. The molecule has 0 spiro atoms. The molecular formula is C16H15NO8. The van der Waals surface area contributed by atoms with Crippen molar-refractivity contribution in [3.8, 4) is 17.5 Å². The van der Waals surface area contributed by atoms with Crippen LogP contribution in [-0.4, -0.2) is 32.9 Å². The molecule has 0 saturated carbocycles. The summed E-state index contributed by atoms with van der Waals surface area (Å²) in [6.45, 7) is 2.35. The van der Waals surface area contributed by atoms with Crippen molar-refractivity contribution in [3.63, 3.8) is 0 Å². The van der Waals surface area contributed by atoms with Crippen LogP contribution in [0.1, 0.15) is 25.5 Å². The molecule has 0 radical (unpaired) electrons. The zero-order chi connectivity index (χ0) is 18.6. The maximum absolute atomic E-state index is 12.3. The van der Waals surface area contributed by atoms with Crippen LogP contribution >= 0.6 is 0 Å². The normalized spacial score (nSPS) is 11.4. The van der Waals surface area contributed by atoms with Crippen molar-refractivity contribution in [1.29, 1.82) is 0 Å². The Labute approximate surface area is 141 Å². The fraction of sp³-hybridized carbons (Fsp3) is 0.188. The summed E-state index contributed by atoms with van der Waals surface area (Å²) in [6, 6.07) is 7.84. The first-order valence-electron chi connectivity index (χ1n) is 7.05. The number of carbonyl (C=O) groups is 3. The summed E-state index contributed by atoms with van der Waals surface area (Å²) in [4.78, 5) is 39.3. The average Bonchev–Trinajstić information content (AvgIpc) is 2.84. The Morgan fingerprint density at radius 2 is 1.48 bits per heavy atom. The van der Waals surface area contributed by atoms with Gasteiger partial charge in [-0.25, -0.2) is 4.79 Å². The van der Waals surface area contributed by atoms with Gasteiger partial charge in [0.2, 0.25) is 17.9 Å². The highest BCUT2D eigenvalue weighted by molar-refractivity contribution is 5.80. The lowest BCUT2D eigenvalue weighted by Gasteiger charge is -2.17. The van der Waals surface area contributed by atoms with E-state index in [1.165, 1.54) is 31.2 Å². The predicted molar refractivity (Wildman–Crippen MR) is 81.6 cm³/mol. The lowest BCUT2D eigenvalue weighted by Crippen LogP contribution is -2.28. The van der Waals surface area contributed by atoms with Crippen LogP contribution in [0.5, 0.6) is 17.5 Å². The number of benzene rings is 1. The average molecular weight is 349 g/mol. The lowest BCUT2D eigenvalue weighted by molar-refractivity contribution is -0.168. The Hall–Kier alpha value is -3.49. The fourth-order valence-corrected chi connectivity index (χ4v) is 1.93. The molecule has 1 atom stereocenters. The molecule has 2 rings (SSSR count). The quantitative estimate of drug-likeness (QED) is 0.607. The zero-order valence-electron chi connectivity index (χ0n) is 13.3. The van der Waals surface area contributed by atoms with Gasteiger partial charge in [-0.2, -0.15) is 0 Å². The molecule has 25 heavy (non-hydrogen) atoms. The number of nitrogens with zero attached hydrogens (tertiary/aromatic N) is 1. The summed E-state index contributed by atoms with van der Waals surface area (Å²) in [6.07, 6.45) is -1.45. The molecule has 0 amide bonds. The van der Waals surface area contributed by atoms with Gasteiger partial charge in [-0.1, -0.05) is 12.1 Å². The number of carbonyl (C=O) groups excluding carboxylic acids is 3. The Morgan fingerprint density at radius 1 is 0.920 bits per heavy atom. The Balaban J connectivity index is 2.24. The summed E-state index contributed by atoms with van der Waals surface area (Å²) < 4.78 is 10.3. The van der Waals surface area contributed by atoms with E-state index in [2.05, 4.69) is 0 Å². The molecule has 9 nitrogen and oxygen atoms in total. The largest absolute Gasteiger partial charge is 0.492 e. The van der Waals surface area contributed by atoms with Gasteiger partial charge in [0, 0.05) is 31.5 Å². The Bertz CT molecular complexity index is 773. The van der Waals surface area contributed by atoms with Gasteiger partial charge in [-0.3, -0.25) is 9.59 Å². The molecule has 0 bridgehead atoms. The smallest absolute Gasteiger partial charge is 0.378 e. The number of hydrogen-bond acceptors (Lipinski definition) is 8. The Morgan fingerprint density at radius 3 is 1.96 bits per heavy atom. The molecule has 1 unspecified atom stereocenters. The first-order valence-corrected chi connectivity index (χ1v) is 7.05. The molecule has 0 aliphatic heterocycles. The zero-order valence-corrected chi connectivity index (χ0v) is 13.3. The van der Waals surface area contributed by atoms with Gasteiger partial charge >= 0.3 is 17.9 Å². The van der Waals surface area contributed by atoms with Crippen molar-refractivity contribution in [1.82, 2.24) is 4.73 Å². The number of esters is 2. The third-order valence-electron chi connectivity index (χ3n) is 2.92. The van der Waals surface area contributed by atoms with E-state index in [1.807, 2.05) is 0 Å². The van der Waals surface area contributed by atoms with Crippen molar-refractivity contribution in [3.05, 3.63) is 42.0 Å². The Kier molecular flexibility index (Phi) is 5.28. The number of rotatable bonds is 5. The number of aromatic nitrogens is 1. The maximum Gasteiger partial charge on any atom is 0.378 e. The first kappa shape index (κ1) is 17.9. The molecule has 1 heterocycles. The standard InChI is InChI=1S/C16H15NO8/c1-9(18)23-12-5-3-11(4-6-12)15(24-10(2)19)16(22)25-17-13(20)7-8-14(17)21/h3-8,15,20-21H,1-2H3. The molecule has 2 N–H and O–H groups in total. The van der Waals surface area contributed by atoms with Crippen LogP contribution < -0.4 is 9.57 Å². The van der Waals surface area contributed by atoms with E-state index in [-0.39, 0.29) is 11.3 Å². The SMILES string of the molecule is CC(=O)Oc1ccc(C(OC(C)=O)C(=O)On2c(O)ccc2O)cc1. The van der Waals surface area contributed by atoms with Gasteiger partial charge in [0.25, 0.3) is 0 Å². The summed E-state index contributed by atoms with van der Waals surface area (Å²) in [7, 11) is 0. The fourth-order valence-electron chi connectivity index (χ4n) is 1.93. The van der Waals surface area contributed by atoms with Crippen LogP contribution in [0, 0.1) is 0 Å². The second-order valence-electron chi connectivity index (χ2n) is 4.91. The van der Waals surface area contributed by atoms with Gasteiger partial charge in [0.1, 0.15) is 5.75 Å². The third kappa shape index (κ3) is 4.50. The van der Waals surface area contributed by atoms with E-state index in [4.69, 9.17) is 14.3 Å². The second kappa shape index (κ2) is 7.39. The van der Waals surface area contributed by atoms with Gasteiger partial charge in [0.05, 0.1) is 0 Å². The van der Waals surface area contributed by atoms with Gasteiger partial charge < -0.3 is 24.5 Å². The number of ether oxygens (including phenoxy) is 2. The van der Waals surface area contributed by atoms with E-state index in [0.29, 0.717) is 4.73 Å². The predicted octanol–water partition coefficient (Wildman–Crippen LogP) is 1.08. The summed E-state index contributed by atoms with van der Waals surface area (Å²) in [5, 5.41) is 19.0. The molecule has 1 aromatic carbocycles. The van der Waals surface area contributed by atoms with Crippen molar-refractivity contribution in [2.45, 2.75) is 20.0 Å². The molecule has 0 saturated heterocycles. The molecular weight excluding hydrogens is 334 g/mol. The van der Waals surface area contributed by atoms with E-state index in [0.717, 1.165) is 19.1 Å². The van der Waals surface area contributed by atoms with E-state index in [9.17, 15) is 24.6 Å². The molecule has 0 aliphatic carbocycles. The van der Waals surface area contributed by atoms with Crippen molar-refractivity contribution in [2.75, 3.05) is 0 Å². The van der Waals surface area contributed by atoms with Crippen molar-refractivity contribution in [2.24, 2.45) is 0 Å². The van der Waals surface area contributed by atoms with E-state index < -0.39 is 35.8 Å². The van der Waals surface area contributed by atoms with Crippen LogP contribution in [-0.2, 0) is 19.1 Å². The molecule has 0 fully saturated rings. The van der Waals surface area contributed by atoms with Crippen LogP contribution in [0.2, 0.25) is 0 Å². The highest BCUT2D eigenvalue weighted by Gasteiger charge is 2.28. The second-order valence-corrected chi connectivity index (χ2v) is 4.91. The van der Waals surface area contributed by atoms with Crippen LogP contribution in [0.3, 0.4) is 0 Å². The lowest BCUT2D eigenvalue weighted by atomic mass is 10.1. The third-order valence-corrected chi connectivity index (χ3v) is 2.92. The maximum atomic E-state index is 12.3. The van der Waals surface area contributed by atoms with E-state index in [1.54, 1.807) is 0 Å². The van der Waals surface area contributed by atoms with Gasteiger partial charge in [-0.15, -0.1) is 4.73 Å². The number of aromatic hydroxyl groups is 2. The van der Waals surface area contributed by atoms with E-state index >= 15 is 0 Å². The summed E-state index contributed by atoms with van der Waals surface area (Å²) >= 11 is 0. The topological polar surface area (TPSA) is 124 Å². The molecule has 132 valence electrons. The van der Waals surface area contributed by atoms with Crippen LogP contribution in [0.15, 0.2) is 36.4 Å². The molecule has 2 aromatic rings. The molecule has 9 heteroatoms. The van der Waals surface area contributed by atoms with Crippen LogP contribution in [0.4, 0.5) is 0 Å². The minimum Gasteiger partial charge on any atom is -0.492 e. The van der Waals surface area contributed by atoms with Crippen LogP contribution in [0.25, 0.3) is 0 Å². The first-order chi connectivity index (χ1) is 11.8.